The smallest absolute Gasteiger partial charge is 0.239 e. The number of hydrogen-bond acceptors (Lipinski definition) is 5. The van der Waals surface area contributed by atoms with Gasteiger partial charge in [0.05, 0.1) is 0 Å². The normalized spacial score (nSPS) is 10.4. The number of hydrogen-bond donors (Lipinski definition) is 3. The molecule has 0 bridgehead atoms. The van der Waals surface area contributed by atoms with Crippen LogP contribution < -0.4 is 16.6 Å². The Hall–Kier alpha value is -2.66. The van der Waals surface area contributed by atoms with Crippen LogP contribution in [0, 0.1) is 0 Å². The van der Waals surface area contributed by atoms with Crippen molar-refractivity contribution >= 4 is 28.2 Å². The standard InChI is InChI=1S/C14H13N5/c15-19-14-16-9-8-13(18-14)17-12-7-3-5-10-4-1-2-6-11(10)12/h1-9H,15H2,(H2,16,17,18,19). The van der Waals surface area contributed by atoms with Crippen LogP contribution in [0.1, 0.15) is 0 Å². The fourth-order valence-corrected chi connectivity index (χ4v) is 1.97. The van der Waals surface area contributed by atoms with Gasteiger partial charge >= 0.3 is 0 Å². The fraction of sp³-hybridized carbons (Fsp3) is 0. The van der Waals surface area contributed by atoms with Gasteiger partial charge in [-0.05, 0) is 17.5 Å². The molecule has 0 amide bonds. The van der Waals surface area contributed by atoms with Crippen molar-refractivity contribution < 1.29 is 0 Å². The molecule has 5 nitrogen and oxygen atoms in total. The molecular weight excluding hydrogens is 238 g/mol. The van der Waals surface area contributed by atoms with Gasteiger partial charge in [0.1, 0.15) is 5.82 Å². The predicted molar refractivity (Wildman–Crippen MR) is 77.1 cm³/mol. The van der Waals surface area contributed by atoms with Crippen molar-refractivity contribution in [2.24, 2.45) is 5.84 Å². The topological polar surface area (TPSA) is 75.9 Å². The lowest BCUT2D eigenvalue weighted by Crippen LogP contribution is -2.10. The van der Waals surface area contributed by atoms with E-state index in [1.165, 1.54) is 5.39 Å². The summed E-state index contributed by atoms with van der Waals surface area (Å²) in [5.74, 6) is 6.37. The molecule has 2 aromatic carbocycles. The van der Waals surface area contributed by atoms with Crippen molar-refractivity contribution in [3.05, 3.63) is 54.7 Å². The van der Waals surface area contributed by atoms with Gasteiger partial charge in [-0.3, -0.25) is 5.43 Å². The molecule has 0 radical (unpaired) electrons. The van der Waals surface area contributed by atoms with E-state index in [1.807, 2.05) is 24.3 Å². The molecule has 0 saturated heterocycles. The van der Waals surface area contributed by atoms with Gasteiger partial charge in [0.15, 0.2) is 0 Å². The maximum atomic E-state index is 5.30. The highest BCUT2D eigenvalue weighted by Crippen LogP contribution is 2.25. The van der Waals surface area contributed by atoms with Crippen molar-refractivity contribution in [2.45, 2.75) is 0 Å². The molecule has 94 valence electrons. The number of aromatic nitrogens is 2. The lowest BCUT2D eigenvalue weighted by atomic mass is 10.1. The van der Waals surface area contributed by atoms with Gasteiger partial charge < -0.3 is 5.32 Å². The fourth-order valence-electron chi connectivity index (χ4n) is 1.97. The minimum atomic E-state index is 0.380. The quantitative estimate of drug-likeness (QED) is 0.493. The first-order chi connectivity index (χ1) is 9.36. The van der Waals surface area contributed by atoms with E-state index in [0.29, 0.717) is 11.8 Å². The van der Waals surface area contributed by atoms with Gasteiger partial charge in [-0.2, -0.15) is 4.98 Å². The first-order valence-electron chi connectivity index (χ1n) is 5.91. The third-order valence-corrected chi connectivity index (χ3v) is 2.84. The maximum absolute atomic E-state index is 5.30. The summed E-state index contributed by atoms with van der Waals surface area (Å²) in [7, 11) is 0. The van der Waals surface area contributed by atoms with Crippen molar-refractivity contribution in [2.75, 3.05) is 10.7 Å². The van der Waals surface area contributed by atoms with E-state index in [9.17, 15) is 0 Å². The number of nitrogen functional groups attached to an aromatic ring is 1. The number of benzene rings is 2. The van der Waals surface area contributed by atoms with Crippen LogP contribution in [0.2, 0.25) is 0 Å². The molecule has 0 aliphatic heterocycles. The number of nitrogens with two attached hydrogens (primary N) is 1. The molecular formula is C14H13N5. The molecule has 4 N–H and O–H groups in total. The van der Waals surface area contributed by atoms with Gasteiger partial charge in [-0.15, -0.1) is 0 Å². The van der Waals surface area contributed by atoms with Gasteiger partial charge in [0.25, 0.3) is 0 Å². The number of fused-ring (bicyclic) bond motifs is 1. The number of rotatable bonds is 3. The summed E-state index contributed by atoms with van der Waals surface area (Å²) in [6.07, 6.45) is 1.65. The summed E-state index contributed by atoms with van der Waals surface area (Å²) in [6, 6.07) is 16.1. The van der Waals surface area contributed by atoms with E-state index in [4.69, 9.17) is 5.84 Å². The SMILES string of the molecule is NNc1nccc(Nc2cccc3ccccc23)n1. The highest BCUT2D eigenvalue weighted by Gasteiger charge is 2.02. The van der Waals surface area contributed by atoms with Crippen LogP contribution in [0.25, 0.3) is 10.8 Å². The average molecular weight is 251 g/mol. The Morgan fingerprint density at radius 3 is 2.68 bits per heavy atom. The molecule has 0 aliphatic rings. The van der Waals surface area contributed by atoms with Crippen molar-refractivity contribution in [1.82, 2.24) is 9.97 Å². The summed E-state index contributed by atoms with van der Waals surface area (Å²) in [4.78, 5) is 8.21. The predicted octanol–water partition coefficient (Wildman–Crippen LogP) is 2.66. The Morgan fingerprint density at radius 2 is 1.79 bits per heavy atom. The summed E-state index contributed by atoms with van der Waals surface area (Å²) in [5, 5.41) is 5.60. The van der Waals surface area contributed by atoms with Crippen molar-refractivity contribution in [3.8, 4) is 0 Å². The lowest BCUT2D eigenvalue weighted by molar-refractivity contribution is 1.12. The van der Waals surface area contributed by atoms with Gasteiger partial charge in [-0.25, -0.2) is 10.8 Å². The second-order valence-electron chi connectivity index (χ2n) is 4.06. The van der Waals surface area contributed by atoms with E-state index in [2.05, 4.69) is 38.9 Å². The number of anilines is 3. The molecule has 3 aromatic rings. The second-order valence-corrected chi connectivity index (χ2v) is 4.06. The molecule has 0 saturated carbocycles. The Balaban J connectivity index is 2.01. The van der Waals surface area contributed by atoms with Gasteiger partial charge in [0.2, 0.25) is 5.95 Å². The molecule has 3 rings (SSSR count). The van der Waals surface area contributed by atoms with Crippen LogP contribution in [0.5, 0.6) is 0 Å². The number of nitrogens with one attached hydrogen (secondary N) is 2. The maximum Gasteiger partial charge on any atom is 0.239 e. The summed E-state index contributed by atoms with van der Waals surface area (Å²) < 4.78 is 0. The largest absolute Gasteiger partial charge is 0.340 e. The summed E-state index contributed by atoms with van der Waals surface area (Å²) in [5.41, 5.74) is 3.43. The summed E-state index contributed by atoms with van der Waals surface area (Å²) in [6.45, 7) is 0. The molecule has 1 heterocycles. The molecule has 0 unspecified atom stereocenters. The van der Waals surface area contributed by atoms with E-state index in [1.54, 1.807) is 12.3 Å². The van der Waals surface area contributed by atoms with E-state index in [-0.39, 0.29) is 0 Å². The zero-order valence-electron chi connectivity index (χ0n) is 10.2. The molecule has 1 aromatic heterocycles. The van der Waals surface area contributed by atoms with Crippen LogP contribution >= 0.6 is 0 Å². The zero-order chi connectivity index (χ0) is 13.1. The van der Waals surface area contributed by atoms with E-state index in [0.717, 1.165) is 11.1 Å². The molecule has 5 heteroatoms. The number of hydrazine groups is 1. The van der Waals surface area contributed by atoms with E-state index < -0.39 is 0 Å². The third kappa shape index (κ3) is 2.31. The Bertz CT molecular complexity index is 706. The van der Waals surface area contributed by atoms with E-state index >= 15 is 0 Å². The minimum absolute atomic E-state index is 0.380. The Morgan fingerprint density at radius 1 is 0.947 bits per heavy atom. The molecule has 0 aliphatic carbocycles. The molecule has 0 fully saturated rings. The lowest BCUT2D eigenvalue weighted by Gasteiger charge is -2.09. The van der Waals surface area contributed by atoms with Crippen molar-refractivity contribution in [3.63, 3.8) is 0 Å². The first-order valence-corrected chi connectivity index (χ1v) is 5.91. The average Bonchev–Trinajstić information content (AvgIpc) is 2.48. The molecule has 0 atom stereocenters. The minimum Gasteiger partial charge on any atom is -0.340 e. The second kappa shape index (κ2) is 4.91. The Kier molecular flexibility index (Phi) is 2.96. The molecule has 19 heavy (non-hydrogen) atoms. The van der Waals surface area contributed by atoms with Crippen molar-refractivity contribution in [1.29, 1.82) is 0 Å². The number of nitrogens with zero attached hydrogens (tertiary/aromatic N) is 2. The van der Waals surface area contributed by atoms with Crippen LogP contribution in [-0.4, -0.2) is 9.97 Å². The molecule has 0 spiro atoms. The van der Waals surface area contributed by atoms with Crippen LogP contribution in [-0.2, 0) is 0 Å². The highest BCUT2D eigenvalue weighted by molar-refractivity contribution is 5.95. The first kappa shape index (κ1) is 11.4. The van der Waals surface area contributed by atoms with Gasteiger partial charge in [0, 0.05) is 17.3 Å². The summed E-state index contributed by atoms with van der Waals surface area (Å²) >= 11 is 0. The van der Waals surface area contributed by atoms with Gasteiger partial charge in [-0.1, -0.05) is 36.4 Å². The van der Waals surface area contributed by atoms with Crippen LogP contribution in [0.15, 0.2) is 54.7 Å². The monoisotopic (exact) mass is 251 g/mol. The van der Waals surface area contributed by atoms with Crippen LogP contribution in [0.3, 0.4) is 0 Å². The van der Waals surface area contributed by atoms with Crippen LogP contribution in [0.4, 0.5) is 17.5 Å². The third-order valence-electron chi connectivity index (χ3n) is 2.84. The highest BCUT2D eigenvalue weighted by atomic mass is 15.3. The Labute approximate surface area is 110 Å². The zero-order valence-corrected chi connectivity index (χ0v) is 10.2.